The van der Waals surface area contributed by atoms with Gasteiger partial charge in [-0.2, -0.15) is 0 Å². The van der Waals surface area contributed by atoms with E-state index >= 15 is 0 Å². The zero-order valence-electron chi connectivity index (χ0n) is 9.26. The number of nitrogens with one attached hydrogen (secondary N) is 1. The van der Waals surface area contributed by atoms with Gasteiger partial charge >= 0.3 is 0 Å². The van der Waals surface area contributed by atoms with Crippen LogP contribution < -0.4 is 5.32 Å². The molecule has 0 aromatic carbocycles. The predicted octanol–water partition coefficient (Wildman–Crippen LogP) is 2.72. The molecule has 0 radical (unpaired) electrons. The summed E-state index contributed by atoms with van der Waals surface area (Å²) >= 11 is 1.69. The van der Waals surface area contributed by atoms with E-state index in [2.05, 4.69) is 19.2 Å². The van der Waals surface area contributed by atoms with Crippen LogP contribution >= 0.6 is 11.3 Å². The molecule has 2 nitrogen and oxygen atoms in total. The van der Waals surface area contributed by atoms with E-state index in [-0.39, 0.29) is 11.2 Å². The largest absolute Gasteiger partial charge is 0.394 e. The molecule has 3 heteroatoms. The minimum atomic E-state index is 0.0834. The molecule has 1 aromatic rings. The van der Waals surface area contributed by atoms with Crippen LogP contribution in [0.4, 0.5) is 0 Å². The zero-order valence-corrected chi connectivity index (χ0v) is 10.1. The van der Waals surface area contributed by atoms with Gasteiger partial charge in [0.1, 0.15) is 0 Å². The maximum absolute atomic E-state index is 12.1. The van der Waals surface area contributed by atoms with Gasteiger partial charge in [0, 0.05) is 34.7 Å². The fraction of sp³-hybridized carbons (Fsp3) is 0.417. The van der Waals surface area contributed by atoms with Crippen LogP contribution in [0.1, 0.15) is 35.5 Å². The van der Waals surface area contributed by atoms with Crippen LogP contribution in [-0.4, -0.2) is 12.8 Å². The minimum absolute atomic E-state index is 0.0834. The van der Waals surface area contributed by atoms with Crippen LogP contribution in [0.3, 0.4) is 0 Å². The normalized spacial score (nSPS) is 21.5. The van der Waals surface area contributed by atoms with Gasteiger partial charge in [0.25, 0.3) is 0 Å². The van der Waals surface area contributed by atoms with Crippen LogP contribution in [0.15, 0.2) is 23.2 Å². The topological polar surface area (TPSA) is 29.1 Å². The lowest BCUT2D eigenvalue weighted by Crippen LogP contribution is -2.28. The van der Waals surface area contributed by atoms with Crippen molar-refractivity contribution < 1.29 is 4.79 Å². The molecule has 0 saturated heterocycles. The Bertz CT molecular complexity index is 429. The molecule has 1 aromatic heterocycles. The van der Waals surface area contributed by atoms with Crippen LogP contribution in [0, 0.1) is 0 Å². The molecule has 0 bridgehead atoms. The van der Waals surface area contributed by atoms with E-state index in [0.717, 1.165) is 17.6 Å². The van der Waals surface area contributed by atoms with E-state index in [9.17, 15) is 4.79 Å². The van der Waals surface area contributed by atoms with Gasteiger partial charge in [-0.3, -0.25) is 4.79 Å². The molecular formula is C12H15NOS. The number of ketones is 1. The average Bonchev–Trinajstić information content (AvgIpc) is 2.63. The average molecular weight is 221 g/mol. The van der Waals surface area contributed by atoms with Crippen LogP contribution in [0.2, 0.25) is 0 Å². The fourth-order valence-corrected chi connectivity index (χ4v) is 3.13. The lowest BCUT2D eigenvalue weighted by atomic mass is 9.75. The van der Waals surface area contributed by atoms with Gasteiger partial charge in [0.05, 0.1) is 0 Å². The Morgan fingerprint density at radius 3 is 2.93 bits per heavy atom. The number of rotatable bonds is 1. The fourth-order valence-electron chi connectivity index (χ4n) is 2.11. The minimum Gasteiger partial charge on any atom is -0.394 e. The molecule has 1 aliphatic carbocycles. The molecule has 1 aliphatic rings. The first-order valence-electron chi connectivity index (χ1n) is 5.05. The number of hydrogen-bond donors (Lipinski definition) is 1. The molecular weight excluding hydrogens is 206 g/mol. The number of carbonyl (C=O) groups excluding carboxylic acids is 1. The maximum atomic E-state index is 12.1. The van der Waals surface area contributed by atoms with Crippen LogP contribution in [0.5, 0.6) is 0 Å². The molecule has 2 rings (SSSR count). The van der Waals surface area contributed by atoms with Gasteiger partial charge in [0.15, 0.2) is 5.78 Å². The van der Waals surface area contributed by atoms with E-state index in [1.165, 1.54) is 4.88 Å². The highest BCUT2D eigenvalue weighted by molar-refractivity contribution is 7.10. The van der Waals surface area contributed by atoms with Crippen molar-refractivity contribution in [1.82, 2.24) is 5.32 Å². The first-order chi connectivity index (χ1) is 7.06. The molecule has 0 atom stereocenters. The van der Waals surface area contributed by atoms with Crippen molar-refractivity contribution in [3.63, 3.8) is 0 Å². The van der Waals surface area contributed by atoms with Gasteiger partial charge in [0.2, 0.25) is 0 Å². The highest BCUT2D eigenvalue weighted by Gasteiger charge is 2.35. The monoisotopic (exact) mass is 221 g/mol. The predicted molar refractivity (Wildman–Crippen MR) is 63.4 cm³/mol. The van der Waals surface area contributed by atoms with Crippen molar-refractivity contribution in [2.24, 2.45) is 0 Å². The summed E-state index contributed by atoms with van der Waals surface area (Å²) in [5.74, 6) is 0.180. The summed E-state index contributed by atoms with van der Waals surface area (Å²) in [5.41, 5.74) is 1.85. The maximum Gasteiger partial charge on any atom is 0.191 e. The summed E-state index contributed by atoms with van der Waals surface area (Å²) in [5, 5.41) is 4.96. The second-order valence-corrected chi connectivity index (χ2v) is 5.43. The van der Waals surface area contributed by atoms with Crippen molar-refractivity contribution in [1.29, 1.82) is 0 Å². The third-order valence-corrected chi connectivity index (χ3v) is 4.05. The molecule has 1 heterocycles. The van der Waals surface area contributed by atoms with Crippen LogP contribution in [-0.2, 0) is 5.41 Å². The van der Waals surface area contributed by atoms with Crippen LogP contribution in [0.25, 0.3) is 0 Å². The summed E-state index contributed by atoms with van der Waals surface area (Å²) < 4.78 is 0. The third-order valence-electron chi connectivity index (χ3n) is 2.77. The number of allylic oxidation sites excluding steroid dienone is 1. The van der Waals surface area contributed by atoms with Gasteiger partial charge in [-0.05, 0) is 17.9 Å². The van der Waals surface area contributed by atoms with E-state index in [1.807, 2.05) is 24.7 Å². The Morgan fingerprint density at radius 2 is 2.27 bits per heavy atom. The highest BCUT2D eigenvalue weighted by atomic mass is 32.1. The summed E-state index contributed by atoms with van der Waals surface area (Å²) in [6, 6.07) is 1.94. The second kappa shape index (κ2) is 3.49. The van der Waals surface area contributed by atoms with Crippen molar-refractivity contribution in [3.8, 4) is 0 Å². The first-order valence-corrected chi connectivity index (χ1v) is 5.93. The van der Waals surface area contributed by atoms with Crippen molar-refractivity contribution in [3.05, 3.63) is 33.7 Å². The zero-order chi connectivity index (χ0) is 11.1. The lowest BCUT2D eigenvalue weighted by molar-refractivity contribution is 0.101. The van der Waals surface area contributed by atoms with E-state index in [0.29, 0.717) is 0 Å². The molecule has 0 unspecified atom stereocenters. The van der Waals surface area contributed by atoms with Gasteiger partial charge in [-0.1, -0.05) is 13.8 Å². The number of carbonyl (C=O) groups is 1. The van der Waals surface area contributed by atoms with Crippen molar-refractivity contribution >= 4 is 17.1 Å². The molecule has 80 valence electrons. The smallest absolute Gasteiger partial charge is 0.191 e. The van der Waals surface area contributed by atoms with Crippen molar-refractivity contribution in [2.45, 2.75) is 25.7 Å². The van der Waals surface area contributed by atoms with E-state index < -0.39 is 0 Å². The molecule has 0 aliphatic heterocycles. The summed E-state index contributed by atoms with van der Waals surface area (Å²) in [6.07, 6.45) is 2.64. The summed E-state index contributed by atoms with van der Waals surface area (Å²) in [4.78, 5) is 13.3. The Kier molecular flexibility index (Phi) is 2.43. The number of Topliss-reactive ketones (excluding diaryl/α,β-unsaturated/α-hetero) is 1. The summed E-state index contributed by atoms with van der Waals surface area (Å²) in [6.45, 7) is 4.39. The van der Waals surface area contributed by atoms with E-state index in [1.54, 1.807) is 11.3 Å². The third kappa shape index (κ3) is 1.61. The van der Waals surface area contributed by atoms with E-state index in [4.69, 9.17) is 0 Å². The molecule has 1 N–H and O–H groups in total. The molecule has 0 amide bonds. The molecule has 15 heavy (non-hydrogen) atoms. The Morgan fingerprint density at radius 1 is 1.53 bits per heavy atom. The van der Waals surface area contributed by atoms with Gasteiger partial charge < -0.3 is 5.32 Å². The Balaban J connectivity index is 2.53. The van der Waals surface area contributed by atoms with Gasteiger partial charge in [-0.15, -0.1) is 11.3 Å². The standard InChI is InChI=1S/C12H15NOS/c1-12(2)6-8(7-13-3)10(14)9-4-5-15-11(9)12/h4-5,7,13H,6H2,1-3H3. The number of fused-ring (bicyclic) bond motifs is 1. The lowest BCUT2D eigenvalue weighted by Gasteiger charge is -2.30. The Labute approximate surface area is 94.0 Å². The SMILES string of the molecule is CNC=C1CC(C)(C)c2sccc2C1=O. The number of thiophene rings is 1. The molecule has 0 fully saturated rings. The second-order valence-electron chi connectivity index (χ2n) is 4.51. The van der Waals surface area contributed by atoms with Crippen molar-refractivity contribution in [2.75, 3.05) is 7.05 Å². The Hall–Kier alpha value is -1.09. The summed E-state index contributed by atoms with van der Waals surface area (Å²) in [7, 11) is 1.83. The first kappa shape index (κ1) is 10.4. The quantitative estimate of drug-likeness (QED) is 0.739. The molecule has 0 spiro atoms. The molecule has 0 saturated carbocycles. The highest BCUT2D eigenvalue weighted by Crippen LogP contribution is 2.41. The number of hydrogen-bond acceptors (Lipinski definition) is 3. The van der Waals surface area contributed by atoms with Gasteiger partial charge in [-0.25, -0.2) is 0 Å².